The normalized spacial score (nSPS) is 28.6. The average Bonchev–Trinajstić information content (AvgIpc) is 2.86. The maximum absolute atomic E-state index is 12.1. The average molecular weight is 571 g/mol. The van der Waals surface area contributed by atoms with Crippen LogP contribution in [0, 0.1) is 0 Å². The highest BCUT2D eigenvalue weighted by molar-refractivity contribution is 6.32. The van der Waals surface area contributed by atoms with Crippen LogP contribution in [0.15, 0.2) is 18.2 Å². The lowest BCUT2D eigenvalue weighted by Gasteiger charge is -2.44. The number of carbonyl (C=O) groups excluding carboxylic acids is 4. The van der Waals surface area contributed by atoms with Gasteiger partial charge >= 0.3 is 23.9 Å². The predicted molar refractivity (Wildman–Crippen MR) is 136 cm³/mol. The van der Waals surface area contributed by atoms with E-state index in [1.807, 2.05) is 0 Å². The lowest BCUT2D eigenvalue weighted by molar-refractivity contribution is -0.254. The first-order valence-electron chi connectivity index (χ1n) is 12.8. The first-order valence-corrected chi connectivity index (χ1v) is 13.2. The molecule has 1 aromatic carbocycles. The Morgan fingerprint density at radius 2 is 1.38 bits per heavy atom. The molecule has 3 rings (SSSR count). The lowest BCUT2D eigenvalue weighted by Crippen LogP contribution is -2.59. The first-order chi connectivity index (χ1) is 18.5. The van der Waals surface area contributed by atoms with Crippen LogP contribution >= 0.6 is 11.6 Å². The number of esters is 4. The van der Waals surface area contributed by atoms with E-state index in [1.54, 1.807) is 25.3 Å². The predicted octanol–water partition coefficient (Wildman–Crippen LogP) is 3.47. The van der Waals surface area contributed by atoms with E-state index in [0.29, 0.717) is 16.3 Å². The Morgan fingerprint density at radius 3 is 1.95 bits per heavy atom. The molecule has 0 amide bonds. The van der Waals surface area contributed by atoms with Crippen molar-refractivity contribution >= 4 is 35.5 Å². The molecule has 0 spiro atoms. The number of ether oxygens (including phenoxy) is 7. The third kappa shape index (κ3) is 8.55. The van der Waals surface area contributed by atoms with Crippen LogP contribution < -0.4 is 4.74 Å². The summed E-state index contributed by atoms with van der Waals surface area (Å²) in [5.41, 5.74) is 0.498. The van der Waals surface area contributed by atoms with E-state index in [2.05, 4.69) is 0 Å². The number of methoxy groups -OCH3 is 1. The molecule has 1 aliphatic carbocycles. The van der Waals surface area contributed by atoms with Crippen molar-refractivity contribution < 1.29 is 52.3 Å². The van der Waals surface area contributed by atoms with Gasteiger partial charge in [-0.05, 0) is 43.4 Å². The Balaban J connectivity index is 1.98. The van der Waals surface area contributed by atoms with Gasteiger partial charge in [-0.3, -0.25) is 19.2 Å². The lowest BCUT2D eigenvalue weighted by atomic mass is 9.90. The molecule has 2 aliphatic rings. The molecule has 12 heteroatoms. The van der Waals surface area contributed by atoms with Crippen molar-refractivity contribution in [1.82, 2.24) is 0 Å². The minimum Gasteiger partial charge on any atom is -0.489 e. The van der Waals surface area contributed by atoms with Crippen LogP contribution in [0.1, 0.15) is 65.0 Å². The summed E-state index contributed by atoms with van der Waals surface area (Å²) < 4.78 is 39.6. The van der Waals surface area contributed by atoms with Gasteiger partial charge in [0.25, 0.3) is 0 Å². The molecular formula is C27H35ClO11. The maximum atomic E-state index is 12.1. The summed E-state index contributed by atoms with van der Waals surface area (Å²) in [6.07, 6.45) is -2.35. The molecule has 0 radical (unpaired) electrons. The number of rotatable bonds is 9. The van der Waals surface area contributed by atoms with Crippen molar-refractivity contribution in [2.45, 2.75) is 96.1 Å². The Bertz CT molecular complexity index is 1040. The molecule has 1 heterocycles. The third-order valence-electron chi connectivity index (χ3n) is 6.52. The Labute approximate surface area is 232 Å². The topological polar surface area (TPSA) is 133 Å². The van der Waals surface area contributed by atoms with E-state index >= 15 is 0 Å². The molecule has 1 aliphatic heterocycles. The van der Waals surface area contributed by atoms with E-state index in [0.717, 1.165) is 25.7 Å². The second-order valence-corrected chi connectivity index (χ2v) is 9.97. The minimum absolute atomic E-state index is 0.0699. The highest BCUT2D eigenvalue weighted by Gasteiger charge is 2.52. The maximum Gasteiger partial charge on any atom is 0.303 e. The van der Waals surface area contributed by atoms with Crippen LogP contribution in [0.2, 0.25) is 5.02 Å². The highest BCUT2D eigenvalue weighted by Crippen LogP contribution is 2.40. The van der Waals surface area contributed by atoms with E-state index < -0.39 is 54.4 Å². The van der Waals surface area contributed by atoms with E-state index in [9.17, 15) is 19.2 Å². The Kier molecular flexibility index (Phi) is 11.0. The summed E-state index contributed by atoms with van der Waals surface area (Å²) in [6.45, 7) is 4.45. The molecule has 11 nitrogen and oxygen atoms in total. The molecule has 5 atom stereocenters. The summed E-state index contributed by atoms with van der Waals surface area (Å²) in [4.78, 5) is 47.7. The van der Waals surface area contributed by atoms with Gasteiger partial charge in [0.1, 0.15) is 24.6 Å². The van der Waals surface area contributed by atoms with Crippen molar-refractivity contribution in [2.75, 3.05) is 13.7 Å². The highest BCUT2D eigenvalue weighted by atomic mass is 35.5. The number of benzene rings is 1. The van der Waals surface area contributed by atoms with Gasteiger partial charge in [-0.25, -0.2) is 0 Å². The van der Waals surface area contributed by atoms with Crippen LogP contribution in [0.3, 0.4) is 0 Å². The molecule has 1 aromatic rings. The summed E-state index contributed by atoms with van der Waals surface area (Å²) in [6, 6.07) is 4.96. The second-order valence-electron chi connectivity index (χ2n) is 9.56. The van der Waals surface area contributed by atoms with Gasteiger partial charge in [0.15, 0.2) is 18.3 Å². The number of carbonyl (C=O) groups is 4. The summed E-state index contributed by atoms with van der Waals surface area (Å²) in [7, 11) is 1.69. The van der Waals surface area contributed by atoms with Crippen molar-refractivity contribution in [3.63, 3.8) is 0 Å². The number of hydrogen-bond donors (Lipinski definition) is 0. The zero-order valence-corrected chi connectivity index (χ0v) is 23.4. The van der Waals surface area contributed by atoms with E-state index in [1.165, 1.54) is 27.7 Å². The molecule has 1 saturated carbocycles. The van der Waals surface area contributed by atoms with Gasteiger partial charge in [0, 0.05) is 34.8 Å². The summed E-state index contributed by atoms with van der Waals surface area (Å²) >= 11 is 6.46. The fraction of sp³-hybridized carbons (Fsp3) is 0.630. The van der Waals surface area contributed by atoms with Crippen LogP contribution in [0.5, 0.6) is 5.75 Å². The second kappa shape index (κ2) is 14.0. The fourth-order valence-electron chi connectivity index (χ4n) is 4.85. The molecule has 39 heavy (non-hydrogen) atoms. The fourth-order valence-corrected chi connectivity index (χ4v) is 5.01. The SMILES string of the molecule is COC1CCC(Oc2cc([C@@H]3O[C@H](COC(C)=O)[C@@H](OC(C)=O)C(OC(C)=O)[C@H]3OC(C)=O)ccc2Cl)CC1. The number of halogens is 1. The van der Waals surface area contributed by atoms with Crippen LogP contribution in [0.4, 0.5) is 0 Å². The molecule has 0 aromatic heterocycles. The molecule has 1 unspecified atom stereocenters. The summed E-state index contributed by atoms with van der Waals surface area (Å²) in [5, 5.41) is 0.373. The van der Waals surface area contributed by atoms with Gasteiger partial charge < -0.3 is 33.2 Å². The first kappa shape index (κ1) is 30.6. The number of hydrogen-bond acceptors (Lipinski definition) is 11. The molecule has 1 saturated heterocycles. The van der Waals surface area contributed by atoms with Crippen molar-refractivity contribution in [3.05, 3.63) is 28.8 Å². The van der Waals surface area contributed by atoms with Crippen molar-refractivity contribution in [2.24, 2.45) is 0 Å². The molecule has 2 fully saturated rings. The van der Waals surface area contributed by atoms with E-state index in [-0.39, 0.29) is 18.8 Å². The molecular weight excluding hydrogens is 536 g/mol. The zero-order chi connectivity index (χ0) is 28.7. The Hall–Kier alpha value is -2.89. The van der Waals surface area contributed by atoms with Gasteiger partial charge in [-0.1, -0.05) is 17.7 Å². The molecule has 216 valence electrons. The molecule has 0 bridgehead atoms. The molecule has 0 N–H and O–H groups in total. The monoisotopic (exact) mass is 570 g/mol. The summed E-state index contributed by atoms with van der Waals surface area (Å²) in [5.74, 6) is -2.26. The largest absolute Gasteiger partial charge is 0.489 e. The minimum atomic E-state index is -1.26. The van der Waals surface area contributed by atoms with Crippen molar-refractivity contribution in [1.29, 1.82) is 0 Å². The van der Waals surface area contributed by atoms with Gasteiger partial charge in [0.05, 0.1) is 17.2 Å². The third-order valence-corrected chi connectivity index (χ3v) is 6.84. The van der Waals surface area contributed by atoms with Crippen LogP contribution in [-0.2, 0) is 47.6 Å². The van der Waals surface area contributed by atoms with Gasteiger partial charge in [-0.15, -0.1) is 0 Å². The van der Waals surface area contributed by atoms with Crippen LogP contribution in [0.25, 0.3) is 0 Å². The quantitative estimate of drug-likeness (QED) is 0.319. The van der Waals surface area contributed by atoms with Crippen molar-refractivity contribution in [3.8, 4) is 5.75 Å². The van der Waals surface area contributed by atoms with Gasteiger partial charge in [-0.2, -0.15) is 0 Å². The smallest absolute Gasteiger partial charge is 0.303 e. The zero-order valence-electron chi connectivity index (χ0n) is 22.7. The Morgan fingerprint density at radius 1 is 0.821 bits per heavy atom. The van der Waals surface area contributed by atoms with Gasteiger partial charge in [0.2, 0.25) is 0 Å². The standard InChI is InChI=1S/C27H35ClO11/c1-14(29)34-13-23-25(35-15(2)30)27(37-17(4)32)26(36-16(3)31)24(39-23)18-6-11-21(28)22(12-18)38-20-9-7-19(33-5)8-10-20/h6,11-12,19-20,23-27H,7-10,13H2,1-5H3/t19?,20?,23-,24+,25-,26+,27?/m1/s1. The van der Waals surface area contributed by atoms with E-state index in [4.69, 9.17) is 44.8 Å². The van der Waals surface area contributed by atoms with Crippen LogP contribution in [-0.4, -0.2) is 74.2 Å².